The van der Waals surface area contributed by atoms with E-state index in [9.17, 15) is 18.9 Å². The van der Waals surface area contributed by atoms with Crippen molar-refractivity contribution < 1.29 is 18.8 Å². The Bertz CT molecular complexity index is 899. The minimum Gasteiger partial charge on any atom is -0.324 e. The smallest absolute Gasteiger partial charge is 0.324 e. The molecule has 7 nitrogen and oxygen atoms in total. The van der Waals surface area contributed by atoms with Crippen molar-refractivity contribution in [2.75, 3.05) is 6.54 Å². The van der Waals surface area contributed by atoms with Gasteiger partial charge in [-0.1, -0.05) is 23.6 Å². The van der Waals surface area contributed by atoms with Crippen molar-refractivity contribution in [2.45, 2.75) is 12.2 Å². The van der Waals surface area contributed by atoms with Gasteiger partial charge in [-0.2, -0.15) is 0 Å². The fourth-order valence-corrected chi connectivity index (χ4v) is 3.28. The molecule has 0 bridgehead atoms. The van der Waals surface area contributed by atoms with Gasteiger partial charge in [0.25, 0.3) is 5.91 Å². The average Bonchev–Trinajstić information content (AvgIpc) is 3.06. The van der Waals surface area contributed by atoms with Crippen LogP contribution in [0.25, 0.3) is 0 Å². The molecule has 1 saturated heterocycles. The van der Waals surface area contributed by atoms with Gasteiger partial charge in [0.1, 0.15) is 12.4 Å². The second-order valence-corrected chi connectivity index (χ2v) is 6.05. The molecule has 0 spiro atoms. The Morgan fingerprint density at radius 2 is 1.84 bits per heavy atom. The Hall–Kier alpha value is -3.29. The molecule has 0 unspecified atom stereocenters. The van der Waals surface area contributed by atoms with E-state index in [1.807, 2.05) is 12.1 Å². The van der Waals surface area contributed by atoms with Crippen LogP contribution in [0.15, 0.2) is 48.5 Å². The summed E-state index contributed by atoms with van der Waals surface area (Å²) in [6.07, 6.45) is 0. The van der Waals surface area contributed by atoms with E-state index in [-0.39, 0.29) is 12.5 Å². The molecule has 4 rings (SSSR count). The highest BCUT2D eigenvalue weighted by molar-refractivity contribution is 5.98. The molecule has 1 atom stereocenters. The normalized spacial score (nSPS) is 22.0. The van der Waals surface area contributed by atoms with Gasteiger partial charge in [0.15, 0.2) is 4.87 Å². The number of hydrogen-bond donors (Lipinski definition) is 2. The molecule has 8 heteroatoms. The van der Waals surface area contributed by atoms with Crippen molar-refractivity contribution in [2.24, 2.45) is 0 Å². The molecule has 2 aliphatic rings. The molecule has 0 saturated carbocycles. The molecule has 2 aromatic rings. The van der Waals surface area contributed by atoms with Gasteiger partial charge in [-0.05, 0) is 35.9 Å². The van der Waals surface area contributed by atoms with E-state index >= 15 is 0 Å². The number of benzene rings is 2. The number of halogens is 1. The Morgan fingerprint density at radius 3 is 2.48 bits per heavy atom. The number of hydrogen-bond acceptors (Lipinski definition) is 3. The average molecular weight is 341 g/mol. The zero-order chi connectivity index (χ0) is 17.6. The lowest BCUT2D eigenvalue weighted by atomic mass is 9.99. The Balaban J connectivity index is 1.72. The zero-order valence-corrected chi connectivity index (χ0v) is 13.0. The number of hydrazine groups is 1. The topological polar surface area (TPSA) is 81.5 Å². The number of urea groups is 1. The fourth-order valence-electron chi connectivity index (χ4n) is 3.28. The number of fused-ring (bicyclic) bond motifs is 1. The molecule has 0 radical (unpaired) electrons. The van der Waals surface area contributed by atoms with Gasteiger partial charge in [-0.25, -0.2) is 9.18 Å². The molecule has 2 aromatic carbocycles. The highest BCUT2D eigenvalue weighted by atomic mass is 19.1. The molecule has 126 valence electrons. The van der Waals surface area contributed by atoms with E-state index in [0.29, 0.717) is 22.5 Å². The standard InChI is InChI=1S/C17H13FN4O3/c18-13-7-5-12(6-8-13)17(19-16(24)20-22(17)25)10-21-9-11-3-1-2-4-14(11)15(21)23/h1-8H,9-10H2,(H-,19,20,24,25)/p+1/t17-/m0/s1. The van der Waals surface area contributed by atoms with Crippen molar-refractivity contribution in [3.05, 3.63) is 75.9 Å². The fraction of sp³-hybridized carbons (Fsp3) is 0.176. The highest BCUT2D eigenvalue weighted by Crippen LogP contribution is 2.30. The quantitative estimate of drug-likeness (QED) is 0.833. The van der Waals surface area contributed by atoms with E-state index in [2.05, 4.69) is 10.7 Å². The second-order valence-electron chi connectivity index (χ2n) is 6.05. The lowest BCUT2D eigenvalue weighted by Gasteiger charge is -2.24. The first kappa shape index (κ1) is 15.3. The monoisotopic (exact) mass is 341 g/mol. The van der Waals surface area contributed by atoms with Gasteiger partial charge in [0.2, 0.25) is 0 Å². The maximum Gasteiger partial charge on any atom is 0.377 e. The molecule has 3 amide bonds. The summed E-state index contributed by atoms with van der Waals surface area (Å²) in [5.41, 5.74) is 2.42. The number of carbonyl (C=O) groups is 2. The first-order valence-electron chi connectivity index (χ1n) is 7.69. The van der Waals surface area contributed by atoms with Crippen LogP contribution in [0.5, 0.6) is 0 Å². The number of nitrogens with zero attached hydrogens (tertiary/aromatic N) is 2. The number of nitroso groups, excluding NO2 is 1. The van der Waals surface area contributed by atoms with E-state index in [4.69, 9.17) is 0 Å². The van der Waals surface area contributed by atoms with Crippen LogP contribution in [-0.2, 0) is 12.2 Å². The summed E-state index contributed by atoms with van der Waals surface area (Å²) in [4.78, 5) is 38.7. The van der Waals surface area contributed by atoms with Crippen LogP contribution in [0.3, 0.4) is 0 Å². The molecular weight excluding hydrogens is 327 g/mol. The lowest BCUT2D eigenvalue weighted by molar-refractivity contribution is -0.663. The molecule has 2 heterocycles. The van der Waals surface area contributed by atoms with Crippen LogP contribution in [0.1, 0.15) is 21.5 Å². The predicted molar refractivity (Wildman–Crippen MR) is 84.6 cm³/mol. The molecule has 0 aromatic heterocycles. The number of rotatable bonds is 3. The maximum atomic E-state index is 13.3. The second kappa shape index (κ2) is 5.37. The highest BCUT2D eigenvalue weighted by Gasteiger charge is 2.58. The zero-order valence-electron chi connectivity index (χ0n) is 13.0. The first-order valence-corrected chi connectivity index (χ1v) is 7.69. The molecule has 1 fully saturated rings. The van der Waals surface area contributed by atoms with E-state index in [1.165, 1.54) is 29.2 Å². The third-order valence-electron chi connectivity index (χ3n) is 4.51. The van der Waals surface area contributed by atoms with Crippen LogP contribution in [-0.4, -0.2) is 28.3 Å². The largest absolute Gasteiger partial charge is 0.377 e. The molecule has 2 N–H and O–H groups in total. The Labute approximate surface area is 142 Å². The molecule has 2 aliphatic heterocycles. The lowest BCUT2D eigenvalue weighted by Crippen LogP contribution is -2.53. The van der Waals surface area contributed by atoms with Crippen molar-refractivity contribution >= 4 is 11.9 Å². The van der Waals surface area contributed by atoms with E-state index < -0.39 is 17.5 Å². The Morgan fingerprint density at radius 1 is 1.12 bits per heavy atom. The van der Waals surface area contributed by atoms with Gasteiger partial charge in [0.05, 0.1) is 10.5 Å². The van der Waals surface area contributed by atoms with Crippen molar-refractivity contribution in [3.8, 4) is 0 Å². The summed E-state index contributed by atoms with van der Waals surface area (Å²) >= 11 is 0. The minimum atomic E-state index is -1.53. The van der Waals surface area contributed by atoms with Crippen molar-refractivity contribution in [1.82, 2.24) is 15.6 Å². The van der Waals surface area contributed by atoms with Gasteiger partial charge in [-0.3, -0.25) is 10.1 Å². The number of amides is 3. The summed E-state index contributed by atoms with van der Waals surface area (Å²) in [6, 6.07) is 11.7. The maximum absolute atomic E-state index is 13.3. The molecule has 25 heavy (non-hydrogen) atoms. The van der Waals surface area contributed by atoms with Crippen molar-refractivity contribution in [3.63, 3.8) is 0 Å². The summed E-state index contributed by atoms with van der Waals surface area (Å²) in [7, 11) is 0. The molecular formula is C17H14FN4O3+. The van der Waals surface area contributed by atoms with Gasteiger partial charge >= 0.3 is 11.7 Å². The van der Waals surface area contributed by atoms with Crippen LogP contribution >= 0.6 is 0 Å². The minimum absolute atomic E-state index is 0.0750. The van der Waals surface area contributed by atoms with Gasteiger partial charge in [-0.15, -0.1) is 0 Å². The van der Waals surface area contributed by atoms with Crippen LogP contribution in [0, 0.1) is 10.7 Å². The first-order chi connectivity index (χ1) is 12.0. The summed E-state index contributed by atoms with van der Waals surface area (Å²) in [5.74, 6) is -0.676. The van der Waals surface area contributed by atoms with E-state index in [0.717, 1.165) is 5.56 Å². The summed E-state index contributed by atoms with van der Waals surface area (Å²) in [5, 5.41) is 2.57. The van der Waals surface area contributed by atoms with E-state index in [1.54, 1.807) is 12.1 Å². The Kier molecular flexibility index (Phi) is 3.28. The number of carbonyl (C=O) groups excluding carboxylic acids is 2. The SMILES string of the molecule is O=C1N[N+](=O)[C@@](CN2Cc3ccccc3C2=O)(c2ccc(F)cc2)N1. The van der Waals surface area contributed by atoms with Gasteiger partial charge in [0, 0.05) is 12.1 Å². The van der Waals surface area contributed by atoms with Crippen molar-refractivity contribution in [1.29, 1.82) is 0 Å². The van der Waals surface area contributed by atoms with Crippen LogP contribution in [0.4, 0.5) is 9.18 Å². The third kappa shape index (κ3) is 2.34. The number of nitrogens with one attached hydrogen (secondary N) is 2. The van der Waals surface area contributed by atoms with Gasteiger partial charge < -0.3 is 4.90 Å². The van der Waals surface area contributed by atoms with Crippen LogP contribution < -0.4 is 10.7 Å². The summed E-state index contributed by atoms with van der Waals surface area (Å²) in [6.45, 7) is 0.260. The van der Waals surface area contributed by atoms with Crippen LogP contribution in [0.2, 0.25) is 0 Å². The predicted octanol–water partition coefficient (Wildman–Crippen LogP) is 1.64. The third-order valence-corrected chi connectivity index (χ3v) is 4.51. The molecule has 0 aliphatic carbocycles. The summed E-state index contributed by atoms with van der Waals surface area (Å²) < 4.78 is 13.3.